The van der Waals surface area contributed by atoms with Crippen molar-refractivity contribution in [2.75, 3.05) is 13.7 Å². The van der Waals surface area contributed by atoms with E-state index >= 15 is 0 Å². The normalized spacial score (nSPS) is 15.8. The van der Waals surface area contributed by atoms with E-state index in [0.29, 0.717) is 24.7 Å². The van der Waals surface area contributed by atoms with Gasteiger partial charge in [0, 0.05) is 17.7 Å². The first-order valence-corrected chi connectivity index (χ1v) is 6.49. The third kappa shape index (κ3) is 2.88. The van der Waals surface area contributed by atoms with E-state index < -0.39 is 0 Å². The van der Waals surface area contributed by atoms with Crippen LogP contribution in [0.1, 0.15) is 24.8 Å². The molecule has 4 heteroatoms. The zero-order valence-corrected chi connectivity index (χ0v) is 11.2. The molecule has 1 aliphatic carbocycles. The summed E-state index contributed by atoms with van der Waals surface area (Å²) in [5.41, 5.74) is 1.07. The predicted octanol–water partition coefficient (Wildman–Crippen LogP) is 3.51. The van der Waals surface area contributed by atoms with Gasteiger partial charge in [-0.2, -0.15) is 5.26 Å². The molecule has 0 saturated heterocycles. The number of hydrogen-bond donors (Lipinski definition) is 0. The van der Waals surface area contributed by atoms with Crippen molar-refractivity contribution in [3.8, 4) is 17.6 Å². The molecule has 1 saturated carbocycles. The first-order chi connectivity index (χ1) is 8.73. The van der Waals surface area contributed by atoms with Gasteiger partial charge in [-0.1, -0.05) is 6.07 Å². The summed E-state index contributed by atoms with van der Waals surface area (Å²) < 4.78 is 11.1. The number of benzene rings is 1. The van der Waals surface area contributed by atoms with Crippen LogP contribution in [0.4, 0.5) is 0 Å². The molecule has 96 valence electrons. The first kappa shape index (κ1) is 13.0. The number of nitrogens with zero attached hydrogens (tertiary/aromatic N) is 1. The largest absolute Gasteiger partial charge is 0.493 e. The van der Waals surface area contributed by atoms with Gasteiger partial charge in [-0.25, -0.2) is 0 Å². The highest BCUT2D eigenvalue weighted by molar-refractivity contribution is 6.17. The molecule has 0 aliphatic heterocycles. The zero-order valence-electron chi connectivity index (χ0n) is 10.4. The number of methoxy groups -OCH3 is 1. The number of halogens is 1. The fraction of sp³-hybridized carbons (Fsp3) is 0.500. The molecule has 1 fully saturated rings. The van der Waals surface area contributed by atoms with Gasteiger partial charge in [0.1, 0.15) is 0 Å². The molecule has 0 heterocycles. The molecule has 1 aliphatic rings. The maximum absolute atomic E-state index is 8.76. The Balaban J connectivity index is 2.03. The number of nitriles is 1. The Labute approximate surface area is 112 Å². The van der Waals surface area contributed by atoms with Crippen LogP contribution >= 0.6 is 11.6 Å². The lowest BCUT2D eigenvalue weighted by atomic mass is 10.1. The molecule has 1 aromatic rings. The monoisotopic (exact) mass is 265 g/mol. The second-order valence-corrected chi connectivity index (χ2v) is 5.01. The van der Waals surface area contributed by atoms with Gasteiger partial charge in [0.25, 0.3) is 0 Å². The molecule has 0 bridgehead atoms. The van der Waals surface area contributed by atoms with Crippen LogP contribution in [0, 0.1) is 16.7 Å². The van der Waals surface area contributed by atoms with Gasteiger partial charge in [0.15, 0.2) is 11.5 Å². The molecular weight excluding hydrogens is 250 g/mol. The van der Waals surface area contributed by atoms with E-state index in [0.717, 1.165) is 24.2 Å². The quantitative estimate of drug-likeness (QED) is 0.739. The van der Waals surface area contributed by atoms with Crippen LogP contribution in [0.15, 0.2) is 18.2 Å². The molecule has 2 rings (SSSR count). The predicted molar refractivity (Wildman–Crippen MR) is 69.9 cm³/mol. The van der Waals surface area contributed by atoms with E-state index in [4.69, 9.17) is 26.3 Å². The van der Waals surface area contributed by atoms with Crippen molar-refractivity contribution in [1.82, 2.24) is 0 Å². The summed E-state index contributed by atoms with van der Waals surface area (Å²) in [7, 11) is 1.61. The highest BCUT2D eigenvalue weighted by Gasteiger charge is 2.43. The van der Waals surface area contributed by atoms with Crippen molar-refractivity contribution in [2.24, 2.45) is 5.41 Å². The van der Waals surface area contributed by atoms with Crippen LogP contribution in [0.5, 0.6) is 11.5 Å². The Morgan fingerprint density at radius 1 is 1.39 bits per heavy atom. The van der Waals surface area contributed by atoms with E-state index in [1.54, 1.807) is 7.11 Å². The van der Waals surface area contributed by atoms with E-state index in [9.17, 15) is 0 Å². The zero-order chi connectivity index (χ0) is 13.0. The van der Waals surface area contributed by atoms with Gasteiger partial charge in [0.2, 0.25) is 0 Å². The fourth-order valence-corrected chi connectivity index (χ4v) is 2.03. The first-order valence-electron chi connectivity index (χ1n) is 5.96. The van der Waals surface area contributed by atoms with Crippen LogP contribution in [0.3, 0.4) is 0 Å². The molecule has 18 heavy (non-hydrogen) atoms. The lowest BCUT2D eigenvalue weighted by Crippen LogP contribution is -2.12. The standard InChI is InChI=1S/C14H16ClNO2/c1-17-13-8-11(9-15)2-3-12(13)18-10-14(4-5-14)6-7-16/h2-3,8H,4-6,9-10H2,1H3. The average molecular weight is 266 g/mol. The highest BCUT2D eigenvalue weighted by Crippen LogP contribution is 2.49. The van der Waals surface area contributed by atoms with Gasteiger partial charge >= 0.3 is 0 Å². The summed E-state index contributed by atoms with van der Waals surface area (Å²) in [4.78, 5) is 0. The minimum Gasteiger partial charge on any atom is -0.493 e. The van der Waals surface area contributed by atoms with Gasteiger partial charge in [-0.3, -0.25) is 0 Å². The maximum atomic E-state index is 8.76. The van der Waals surface area contributed by atoms with Gasteiger partial charge in [-0.15, -0.1) is 11.6 Å². The summed E-state index contributed by atoms with van der Waals surface area (Å²) in [5, 5.41) is 8.76. The topological polar surface area (TPSA) is 42.2 Å². The Morgan fingerprint density at radius 3 is 2.72 bits per heavy atom. The maximum Gasteiger partial charge on any atom is 0.161 e. The van der Waals surface area contributed by atoms with Crippen molar-refractivity contribution in [3.63, 3.8) is 0 Å². The van der Waals surface area contributed by atoms with Crippen LogP contribution < -0.4 is 9.47 Å². The smallest absolute Gasteiger partial charge is 0.161 e. The molecule has 1 aromatic carbocycles. The number of alkyl halides is 1. The highest BCUT2D eigenvalue weighted by atomic mass is 35.5. The van der Waals surface area contributed by atoms with Gasteiger partial charge in [0.05, 0.1) is 19.8 Å². The average Bonchev–Trinajstić information content (AvgIpc) is 3.17. The van der Waals surface area contributed by atoms with Gasteiger partial charge < -0.3 is 9.47 Å². The lowest BCUT2D eigenvalue weighted by molar-refractivity contribution is 0.227. The van der Waals surface area contributed by atoms with Crippen LogP contribution in [0.25, 0.3) is 0 Å². The number of hydrogen-bond acceptors (Lipinski definition) is 3. The second kappa shape index (κ2) is 5.49. The van der Waals surface area contributed by atoms with Crippen LogP contribution in [-0.4, -0.2) is 13.7 Å². The molecule has 0 spiro atoms. The second-order valence-electron chi connectivity index (χ2n) is 4.74. The van der Waals surface area contributed by atoms with Crippen molar-refractivity contribution in [3.05, 3.63) is 23.8 Å². The molecule has 0 unspecified atom stereocenters. The molecule has 0 N–H and O–H groups in total. The Bertz CT molecular complexity index is 463. The van der Waals surface area contributed by atoms with Crippen molar-refractivity contribution in [2.45, 2.75) is 25.1 Å². The van der Waals surface area contributed by atoms with Gasteiger partial charge in [-0.05, 0) is 30.5 Å². The summed E-state index contributed by atoms with van der Waals surface area (Å²) in [5.74, 6) is 1.87. The SMILES string of the molecule is COc1cc(CCl)ccc1OCC1(CC#N)CC1. The minimum atomic E-state index is 0.0743. The summed E-state index contributed by atoms with van der Waals surface area (Å²) in [6, 6.07) is 7.91. The van der Waals surface area contributed by atoms with E-state index in [2.05, 4.69) is 6.07 Å². The number of ether oxygens (including phenoxy) is 2. The summed E-state index contributed by atoms with van der Waals surface area (Å²) in [6.45, 7) is 0.580. The molecule has 0 atom stereocenters. The van der Waals surface area contributed by atoms with E-state index in [-0.39, 0.29) is 5.41 Å². The van der Waals surface area contributed by atoms with Crippen molar-refractivity contribution < 1.29 is 9.47 Å². The third-order valence-electron chi connectivity index (χ3n) is 3.33. The Hall–Kier alpha value is -1.40. The van der Waals surface area contributed by atoms with E-state index in [1.807, 2.05) is 18.2 Å². The minimum absolute atomic E-state index is 0.0743. The lowest BCUT2D eigenvalue weighted by Gasteiger charge is -2.15. The van der Waals surface area contributed by atoms with Crippen LogP contribution in [-0.2, 0) is 5.88 Å². The fourth-order valence-electron chi connectivity index (χ4n) is 1.86. The van der Waals surface area contributed by atoms with E-state index in [1.165, 1.54) is 0 Å². The third-order valence-corrected chi connectivity index (χ3v) is 3.64. The Kier molecular flexibility index (Phi) is 3.98. The Morgan fingerprint density at radius 2 is 2.17 bits per heavy atom. The van der Waals surface area contributed by atoms with Crippen molar-refractivity contribution >= 4 is 11.6 Å². The summed E-state index contributed by atoms with van der Waals surface area (Å²) in [6.07, 6.45) is 2.71. The van der Waals surface area contributed by atoms with Crippen LogP contribution in [0.2, 0.25) is 0 Å². The molecule has 0 radical (unpaired) electrons. The molecule has 0 amide bonds. The molecule has 0 aromatic heterocycles. The molecule has 3 nitrogen and oxygen atoms in total. The number of rotatable bonds is 6. The molecular formula is C14H16ClNO2. The van der Waals surface area contributed by atoms with Crippen molar-refractivity contribution in [1.29, 1.82) is 5.26 Å². The summed E-state index contributed by atoms with van der Waals surface area (Å²) >= 11 is 5.78.